The average Bonchev–Trinajstić information content (AvgIpc) is 3.27. The van der Waals surface area contributed by atoms with Crippen LogP contribution in [0.25, 0.3) is 10.2 Å². The molecule has 32 heavy (non-hydrogen) atoms. The second-order valence-corrected chi connectivity index (χ2v) is 11.0. The number of para-hydroxylation sites is 1. The van der Waals surface area contributed by atoms with Crippen LogP contribution in [0.1, 0.15) is 36.3 Å². The molecule has 1 aliphatic rings. The highest BCUT2D eigenvalue weighted by Gasteiger charge is 2.28. The van der Waals surface area contributed by atoms with Crippen LogP contribution in [0.15, 0.2) is 89.3 Å². The highest BCUT2D eigenvalue weighted by atomic mass is 32.2. The smallest absolute Gasteiger partial charge is 0.151 e. The van der Waals surface area contributed by atoms with Crippen molar-refractivity contribution in [2.75, 3.05) is 25.4 Å². The molecule has 2 heterocycles. The maximum Gasteiger partial charge on any atom is 0.151 e. The van der Waals surface area contributed by atoms with Crippen molar-refractivity contribution in [1.29, 1.82) is 0 Å². The Morgan fingerprint density at radius 3 is 2.12 bits per heavy atom. The van der Waals surface area contributed by atoms with E-state index in [2.05, 4.69) is 89.8 Å². The van der Waals surface area contributed by atoms with Gasteiger partial charge in [-0.1, -0.05) is 84.6 Å². The summed E-state index contributed by atoms with van der Waals surface area (Å²) in [4.78, 5) is 7.42. The molecule has 0 amide bonds. The highest BCUT2D eigenvalue weighted by molar-refractivity contribution is 8.01. The zero-order valence-corrected chi connectivity index (χ0v) is 20.0. The summed E-state index contributed by atoms with van der Waals surface area (Å²) in [5.74, 6) is 2.37. The summed E-state index contributed by atoms with van der Waals surface area (Å²) in [5, 5.41) is 0. The number of likely N-dealkylation sites (tertiary alicyclic amines) is 1. The molecule has 1 aromatic heterocycles. The van der Waals surface area contributed by atoms with E-state index in [1.54, 1.807) is 0 Å². The van der Waals surface area contributed by atoms with Gasteiger partial charge in [-0.25, -0.2) is 4.98 Å². The molecule has 0 N–H and O–H groups in total. The number of nitrogens with zero attached hydrogens (tertiary/aromatic N) is 2. The van der Waals surface area contributed by atoms with Gasteiger partial charge in [0.1, 0.15) is 0 Å². The van der Waals surface area contributed by atoms with Gasteiger partial charge in [-0.05, 0) is 68.1 Å². The van der Waals surface area contributed by atoms with E-state index in [0.717, 1.165) is 11.3 Å². The summed E-state index contributed by atoms with van der Waals surface area (Å²) in [5.41, 5.74) is 4.06. The number of benzene rings is 3. The number of hydrogen-bond donors (Lipinski definition) is 0. The molecule has 164 valence electrons. The predicted octanol–water partition coefficient (Wildman–Crippen LogP) is 7.32. The van der Waals surface area contributed by atoms with Crippen molar-refractivity contribution in [3.05, 3.63) is 96.1 Å². The zero-order valence-electron chi connectivity index (χ0n) is 18.4. The summed E-state index contributed by atoms with van der Waals surface area (Å²) in [6.45, 7) is 3.63. The molecule has 0 saturated carbocycles. The van der Waals surface area contributed by atoms with E-state index in [1.165, 1.54) is 59.1 Å². The van der Waals surface area contributed by atoms with Crippen LogP contribution in [0, 0.1) is 5.92 Å². The minimum Gasteiger partial charge on any atom is -0.303 e. The molecule has 0 atom stereocenters. The van der Waals surface area contributed by atoms with Gasteiger partial charge in [-0.15, -0.1) is 11.3 Å². The molecule has 0 unspecified atom stereocenters. The standard InChI is InChI=1S/C28H30N2S2/c1-3-10-22(11-4-1)27(23-12-5-2-6-13-23)24-16-19-30(20-17-24)18-9-21-31-28-29-25-14-7-8-15-26(25)32-28/h1-8,10-15,24,27H,9,16-21H2. The summed E-state index contributed by atoms with van der Waals surface area (Å²) in [7, 11) is 0. The number of piperidine rings is 1. The van der Waals surface area contributed by atoms with E-state index in [9.17, 15) is 0 Å². The van der Waals surface area contributed by atoms with Crippen LogP contribution in [-0.2, 0) is 0 Å². The van der Waals surface area contributed by atoms with Crippen LogP contribution in [0.4, 0.5) is 0 Å². The van der Waals surface area contributed by atoms with Crippen LogP contribution in [0.5, 0.6) is 0 Å². The molecule has 2 nitrogen and oxygen atoms in total. The number of thiazole rings is 1. The minimum absolute atomic E-state index is 0.508. The van der Waals surface area contributed by atoms with Gasteiger partial charge in [-0.3, -0.25) is 0 Å². The van der Waals surface area contributed by atoms with Crippen molar-refractivity contribution in [3.63, 3.8) is 0 Å². The van der Waals surface area contributed by atoms with E-state index in [4.69, 9.17) is 4.98 Å². The monoisotopic (exact) mass is 458 g/mol. The summed E-state index contributed by atoms with van der Waals surface area (Å²) in [6.07, 6.45) is 3.78. The molecule has 1 fully saturated rings. The Kier molecular flexibility index (Phi) is 7.22. The first-order valence-electron chi connectivity index (χ1n) is 11.7. The Morgan fingerprint density at radius 1 is 0.844 bits per heavy atom. The number of rotatable bonds is 8. The number of hydrogen-bond acceptors (Lipinski definition) is 4. The Balaban J connectivity index is 1.13. The van der Waals surface area contributed by atoms with Gasteiger partial charge in [0, 0.05) is 11.7 Å². The van der Waals surface area contributed by atoms with Crippen LogP contribution in [-0.4, -0.2) is 35.3 Å². The predicted molar refractivity (Wildman–Crippen MR) is 139 cm³/mol. The van der Waals surface area contributed by atoms with Gasteiger partial charge < -0.3 is 4.90 Å². The number of thioether (sulfide) groups is 1. The maximum absolute atomic E-state index is 4.75. The number of fused-ring (bicyclic) bond motifs is 1. The molecule has 1 saturated heterocycles. The van der Waals surface area contributed by atoms with Gasteiger partial charge in [0.2, 0.25) is 0 Å². The van der Waals surface area contributed by atoms with Crippen molar-refractivity contribution < 1.29 is 0 Å². The Bertz CT molecular complexity index is 1030. The van der Waals surface area contributed by atoms with Crippen molar-refractivity contribution in [2.45, 2.75) is 29.5 Å². The van der Waals surface area contributed by atoms with Crippen LogP contribution >= 0.6 is 23.1 Å². The number of aromatic nitrogens is 1. The molecule has 0 aliphatic carbocycles. The van der Waals surface area contributed by atoms with E-state index in [1.807, 2.05) is 23.1 Å². The lowest BCUT2D eigenvalue weighted by Crippen LogP contribution is -2.36. The molecule has 3 aromatic carbocycles. The molecule has 0 radical (unpaired) electrons. The zero-order chi connectivity index (χ0) is 21.6. The maximum atomic E-state index is 4.75. The lowest BCUT2D eigenvalue weighted by atomic mass is 9.76. The lowest BCUT2D eigenvalue weighted by molar-refractivity contribution is 0.176. The molecule has 0 spiro atoms. The second kappa shape index (κ2) is 10.7. The molecule has 5 rings (SSSR count). The molecule has 4 aromatic rings. The Morgan fingerprint density at radius 2 is 1.47 bits per heavy atom. The van der Waals surface area contributed by atoms with E-state index in [-0.39, 0.29) is 0 Å². The molecule has 4 heteroatoms. The van der Waals surface area contributed by atoms with E-state index in [0.29, 0.717) is 11.8 Å². The van der Waals surface area contributed by atoms with Gasteiger partial charge in [0.25, 0.3) is 0 Å². The fraction of sp³-hybridized carbons (Fsp3) is 0.321. The quantitative estimate of drug-likeness (QED) is 0.203. The topological polar surface area (TPSA) is 16.1 Å². The van der Waals surface area contributed by atoms with Crippen LogP contribution < -0.4 is 0 Å². The van der Waals surface area contributed by atoms with E-state index >= 15 is 0 Å². The van der Waals surface area contributed by atoms with Crippen molar-refractivity contribution in [2.24, 2.45) is 5.92 Å². The SMILES string of the molecule is c1ccc(C(c2ccccc2)C2CCN(CCCSc3nc4ccccc4s3)CC2)cc1. The van der Waals surface area contributed by atoms with Crippen molar-refractivity contribution >= 4 is 33.3 Å². The van der Waals surface area contributed by atoms with Crippen LogP contribution in [0.2, 0.25) is 0 Å². The van der Waals surface area contributed by atoms with Gasteiger partial charge in [0.15, 0.2) is 4.34 Å². The van der Waals surface area contributed by atoms with Crippen molar-refractivity contribution in [1.82, 2.24) is 9.88 Å². The summed E-state index contributed by atoms with van der Waals surface area (Å²) in [6, 6.07) is 30.7. The second-order valence-electron chi connectivity index (χ2n) is 8.63. The van der Waals surface area contributed by atoms with Crippen LogP contribution in [0.3, 0.4) is 0 Å². The first-order valence-corrected chi connectivity index (χ1v) is 13.5. The summed E-state index contributed by atoms with van der Waals surface area (Å²) >= 11 is 3.74. The first-order chi connectivity index (χ1) is 15.9. The third-order valence-electron chi connectivity index (χ3n) is 6.54. The van der Waals surface area contributed by atoms with E-state index < -0.39 is 0 Å². The average molecular weight is 459 g/mol. The Labute approximate surface area is 199 Å². The highest BCUT2D eigenvalue weighted by Crippen LogP contribution is 2.38. The molecule has 1 aliphatic heterocycles. The fourth-order valence-corrected chi connectivity index (χ4v) is 6.99. The van der Waals surface area contributed by atoms with Gasteiger partial charge in [0.05, 0.1) is 10.2 Å². The minimum atomic E-state index is 0.508. The third kappa shape index (κ3) is 5.25. The first kappa shape index (κ1) is 21.7. The lowest BCUT2D eigenvalue weighted by Gasteiger charge is -2.36. The van der Waals surface area contributed by atoms with Gasteiger partial charge >= 0.3 is 0 Å². The molecular weight excluding hydrogens is 428 g/mol. The summed E-state index contributed by atoms with van der Waals surface area (Å²) < 4.78 is 2.50. The van der Waals surface area contributed by atoms with Crippen molar-refractivity contribution in [3.8, 4) is 0 Å². The molecular formula is C28H30N2S2. The van der Waals surface area contributed by atoms with Gasteiger partial charge in [-0.2, -0.15) is 0 Å². The normalized spacial score (nSPS) is 15.5. The fourth-order valence-electron chi connectivity index (χ4n) is 4.93. The Hall–Kier alpha value is -2.14. The molecule has 0 bridgehead atoms. The largest absolute Gasteiger partial charge is 0.303 e. The third-order valence-corrected chi connectivity index (χ3v) is 8.81.